The van der Waals surface area contributed by atoms with E-state index in [1.54, 1.807) is 0 Å². The van der Waals surface area contributed by atoms with Gasteiger partial charge in [0.2, 0.25) is 0 Å². The zero-order valence-corrected chi connectivity index (χ0v) is 67.5. The molecular formula is C112H70N10OS. The second kappa shape index (κ2) is 31.0. The molecule has 124 heavy (non-hydrogen) atoms. The number of furan rings is 1. The number of fused-ring (bicyclic) bond motifs is 14. The summed E-state index contributed by atoms with van der Waals surface area (Å²) in [7, 11) is 0. The van der Waals surface area contributed by atoms with E-state index in [0.717, 1.165) is 167 Å². The van der Waals surface area contributed by atoms with Crippen LogP contribution in [0, 0.1) is 0 Å². The molecule has 8 heterocycles. The van der Waals surface area contributed by atoms with Gasteiger partial charge in [0, 0.05) is 108 Å². The standard InChI is InChI=1S/C56H35N5O.C56H35N5S/c1-5-17-36(18-6-1)41-34-45(37-19-7-2-8-20-37)57-46(35-41)40-29-30-48(44(33-40)56-59-54(38-21-9-3-10-22-38)58-55(60-56)39-23-11-4-12-24-39)61-47-27-15-13-25-42(47)52-49(61)31-32-51-53(52)43-26-14-16-28-50(43)62-51;1-5-17-36(18-6-1)45-34-41(35-46(57-45)37-19-7-2-8-20-37)40-29-30-48(44(33-40)56-59-54(38-21-9-3-10-22-38)58-55(60-56)39-23-11-4-12-24-39)61-47-27-15-13-25-42(47)52-49(61)31-32-51-53(52)43-26-14-16-28-50(43)62-51/h2*1-35H. The number of rotatable bonds is 14. The first-order valence-electron chi connectivity index (χ1n) is 41.4. The summed E-state index contributed by atoms with van der Waals surface area (Å²) >= 11 is 1.85. The molecule has 24 rings (SSSR count). The molecule has 0 saturated carbocycles. The molecule has 16 aromatic carbocycles. The van der Waals surface area contributed by atoms with Crippen LogP contribution in [0.4, 0.5) is 0 Å². The fraction of sp³-hybridized carbons (Fsp3) is 0. The summed E-state index contributed by atoms with van der Waals surface area (Å²) < 4.78 is 13.7. The third-order valence-electron chi connectivity index (χ3n) is 23.3. The van der Waals surface area contributed by atoms with E-state index in [-0.39, 0.29) is 0 Å². The van der Waals surface area contributed by atoms with Gasteiger partial charge in [0.25, 0.3) is 0 Å². The van der Waals surface area contributed by atoms with Gasteiger partial charge in [-0.05, 0) is 119 Å². The van der Waals surface area contributed by atoms with E-state index in [0.29, 0.717) is 34.9 Å². The highest BCUT2D eigenvalue weighted by Gasteiger charge is 2.27. The van der Waals surface area contributed by atoms with Crippen LogP contribution in [0.3, 0.4) is 0 Å². The Kier molecular flexibility index (Phi) is 18.2. The molecule has 0 fully saturated rings. The van der Waals surface area contributed by atoms with E-state index in [9.17, 15) is 0 Å². The lowest BCUT2D eigenvalue weighted by atomic mass is 9.97. The molecule has 12 heteroatoms. The Balaban J connectivity index is 0.000000143. The van der Waals surface area contributed by atoms with Crippen molar-refractivity contribution in [3.8, 4) is 147 Å². The highest BCUT2D eigenvalue weighted by Crippen LogP contribution is 2.48. The molecule has 0 aliphatic heterocycles. The van der Waals surface area contributed by atoms with Crippen molar-refractivity contribution in [3.63, 3.8) is 0 Å². The van der Waals surface area contributed by atoms with Crippen molar-refractivity contribution >= 4 is 97.1 Å². The molecule has 8 aromatic heterocycles. The summed E-state index contributed by atoms with van der Waals surface area (Å²) in [5.41, 5.74) is 25.2. The Labute approximate surface area is 717 Å². The first-order chi connectivity index (χ1) is 61.5. The summed E-state index contributed by atoms with van der Waals surface area (Å²) in [5.74, 6) is 3.55. The van der Waals surface area contributed by atoms with Crippen LogP contribution in [-0.4, -0.2) is 49.0 Å². The van der Waals surface area contributed by atoms with Crippen molar-refractivity contribution in [1.29, 1.82) is 0 Å². The van der Waals surface area contributed by atoms with Crippen LogP contribution in [0.2, 0.25) is 0 Å². The van der Waals surface area contributed by atoms with Gasteiger partial charge in [-0.1, -0.05) is 328 Å². The lowest BCUT2D eigenvalue weighted by molar-refractivity contribution is 0.669. The molecule has 0 bridgehead atoms. The van der Waals surface area contributed by atoms with E-state index in [2.05, 4.69) is 300 Å². The van der Waals surface area contributed by atoms with Crippen LogP contribution < -0.4 is 0 Å². The Morgan fingerprint density at radius 3 is 0.984 bits per heavy atom. The summed E-state index contributed by atoms with van der Waals surface area (Å²) in [6, 6.07) is 148. The quantitative estimate of drug-likeness (QED) is 0.105. The number of benzene rings is 16. The second-order valence-electron chi connectivity index (χ2n) is 30.8. The molecule has 0 atom stereocenters. The largest absolute Gasteiger partial charge is 0.456 e. The van der Waals surface area contributed by atoms with Gasteiger partial charge in [-0.3, -0.25) is 0 Å². The monoisotopic (exact) mass is 1600 g/mol. The molecular weight excluding hydrogens is 1530 g/mol. The maximum Gasteiger partial charge on any atom is 0.166 e. The first-order valence-corrected chi connectivity index (χ1v) is 42.3. The van der Waals surface area contributed by atoms with Crippen molar-refractivity contribution in [2.24, 2.45) is 0 Å². The number of hydrogen-bond donors (Lipinski definition) is 0. The smallest absolute Gasteiger partial charge is 0.166 e. The van der Waals surface area contributed by atoms with Gasteiger partial charge in [0.05, 0.1) is 56.2 Å². The van der Waals surface area contributed by atoms with Gasteiger partial charge >= 0.3 is 0 Å². The summed E-state index contributed by atoms with van der Waals surface area (Å²) in [6.45, 7) is 0. The Morgan fingerprint density at radius 2 is 0.524 bits per heavy atom. The SMILES string of the molecule is c1ccc(-c2cc(-c3ccc(-n4c5ccccc5c5c6c(ccc54)sc4ccccc46)c(-c4nc(-c5ccccc5)nc(-c5ccccc5)n4)c3)cc(-c3ccccc3)n2)cc1.c1ccc(-c2cc(-c3ccccc3)nc(-c3ccc(-n4c5ccccc5c5c6c(ccc54)oc4ccccc46)c(-c4nc(-c5ccccc5)nc(-c5ccccc5)n4)c3)c2)cc1. The van der Waals surface area contributed by atoms with E-state index in [4.69, 9.17) is 44.3 Å². The minimum absolute atomic E-state index is 0.554. The average Bonchev–Trinajstić information content (AvgIpc) is 1.54. The zero-order chi connectivity index (χ0) is 82.0. The number of nitrogens with zero attached hydrogens (tertiary/aromatic N) is 10. The predicted molar refractivity (Wildman–Crippen MR) is 509 cm³/mol. The minimum Gasteiger partial charge on any atom is -0.456 e. The van der Waals surface area contributed by atoms with Crippen LogP contribution in [0.1, 0.15) is 0 Å². The van der Waals surface area contributed by atoms with Crippen molar-refractivity contribution in [2.45, 2.75) is 0 Å². The van der Waals surface area contributed by atoms with E-state index < -0.39 is 0 Å². The number of aromatic nitrogens is 10. The van der Waals surface area contributed by atoms with Crippen LogP contribution in [-0.2, 0) is 0 Å². The number of para-hydroxylation sites is 3. The van der Waals surface area contributed by atoms with E-state index in [1.807, 2.05) is 145 Å². The molecule has 0 aliphatic carbocycles. The normalized spacial score (nSPS) is 11.5. The molecule has 11 nitrogen and oxygen atoms in total. The number of hydrogen-bond acceptors (Lipinski definition) is 10. The van der Waals surface area contributed by atoms with Gasteiger partial charge in [-0.2, -0.15) is 0 Å². The maximum absolute atomic E-state index is 6.43. The topological polar surface area (TPSA) is 126 Å². The van der Waals surface area contributed by atoms with Crippen LogP contribution in [0.25, 0.3) is 233 Å². The first kappa shape index (κ1) is 72.7. The maximum atomic E-state index is 6.43. The van der Waals surface area contributed by atoms with Crippen LogP contribution in [0.15, 0.2) is 429 Å². The number of pyridine rings is 2. The third kappa shape index (κ3) is 13.2. The molecule has 0 N–H and O–H groups in total. The highest BCUT2D eigenvalue weighted by molar-refractivity contribution is 7.26. The van der Waals surface area contributed by atoms with Crippen molar-refractivity contribution in [1.82, 2.24) is 49.0 Å². The summed E-state index contributed by atoms with van der Waals surface area (Å²) in [6.07, 6.45) is 0. The molecule has 0 unspecified atom stereocenters. The van der Waals surface area contributed by atoms with Gasteiger partial charge in [-0.25, -0.2) is 39.9 Å². The van der Waals surface area contributed by atoms with Gasteiger partial charge in [0.15, 0.2) is 34.9 Å². The van der Waals surface area contributed by atoms with Gasteiger partial charge in [0.1, 0.15) is 11.2 Å². The predicted octanol–water partition coefficient (Wildman–Crippen LogP) is 29.0. The Hall–Kier alpha value is -16.5. The fourth-order valence-corrected chi connectivity index (χ4v) is 18.6. The fourth-order valence-electron chi connectivity index (χ4n) is 17.5. The molecule has 0 spiro atoms. The van der Waals surface area contributed by atoms with Crippen molar-refractivity contribution in [3.05, 3.63) is 425 Å². The minimum atomic E-state index is 0.554. The lowest BCUT2D eigenvalue weighted by Crippen LogP contribution is -2.04. The molecule has 580 valence electrons. The number of thiophene rings is 1. The van der Waals surface area contributed by atoms with E-state index >= 15 is 0 Å². The van der Waals surface area contributed by atoms with Gasteiger partial charge < -0.3 is 13.6 Å². The Bertz CT molecular complexity index is 7490. The second-order valence-corrected chi connectivity index (χ2v) is 31.9. The molecule has 0 aliphatic rings. The third-order valence-corrected chi connectivity index (χ3v) is 24.4. The van der Waals surface area contributed by atoms with Crippen LogP contribution >= 0.6 is 11.3 Å². The van der Waals surface area contributed by atoms with Gasteiger partial charge in [-0.15, -0.1) is 11.3 Å². The summed E-state index contributed by atoms with van der Waals surface area (Å²) in [5, 5.41) is 9.44. The highest BCUT2D eigenvalue weighted by atomic mass is 32.1. The zero-order valence-electron chi connectivity index (χ0n) is 66.7. The average molecular weight is 1600 g/mol. The van der Waals surface area contributed by atoms with Crippen LogP contribution in [0.5, 0.6) is 0 Å². The summed E-state index contributed by atoms with van der Waals surface area (Å²) in [4.78, 5) is 42.0. The lowest BCUT2D eigenvalue weighted by Gasteiger charge is -2.17. The van der Waals surface area contributed by atoms with Crippen molar-refractivity contribution in [2.75, 3.05) is 0 Å². The molecule has 24 aromatic rings. The molecule has 0 amide bonds. The molecule has 0 radical (unpaired) electrons. The Morgan fingerprint density at radius 1 is 0.185 bits per heavy atom. The van der Waals surface area contributed by atoms with E-state index in [1.165, 1.54) is 30.9 Å². The van der Waals surface area contributed by atoms with Crippen molar-refractivity contribution < 1.29 is 4.42 Å². The molecule has 0 saturated heterocycles.